The molecule has 8 nitrogen and oxygen atoms in total. The number of benzene rings is 2. The summed E-state index contributed by atoms with van der Waals surface area (Å²) < 4.78 is 22.7. The molecule has 1 amide bonds. The number of carbonyl (C=O) groups excluding carboxylic acids is 2. The summed E-state index contributed by atoms with van der Waals surface area (Å²) in [5.74, 6) is 0.343. The zero-order valence-electron chi connectivity index (χ0n) is 22.6. The number of nitrogens with zero attached hydrogens (tertiary/aromatic N) is 1. The molecule has 3 aromatic rings. The molecule has 0 aliphatic carbocycles. The van der Waals surface area contributed by atoms with Crippen LogP contribution in [0.15, 0.2) is 70.9 Å². The van der Waals surface area contributed by atoms with Gasteiger partial charge in [0, 0.05) is 5.56 Å². The van der Waals surface area contributed by atoms with E-state index in [4.69, 9.17) is 18.6 Å². The van der Waals surface area contributed by atoms with Crippen molar-refractivity contribution in [2.75, 3.05) is 20.3 Å². The molecule has 0 radical (unpaired) electrons. The van der Waals surface area contributed by atoms with Gasteiger partial charge in [0.15, 0.2) is 11.5 Å². The van der Waals surface area contributed by atoms with Gasteiger partial charge in [-0.2, -0.15) is 0 Å². The van der Waals surface area contributed by atoms with Crippen molar-refractivity contribution in [2.24, 2.45) is 0 Å². The SMILES string of the molecule is CCCCCOc1ccc(C2/C(=C(\O)c3cccc(OCCC)c3)C(=O)C(=O)N2Cc2ccco2)cc1OC. The average molecular weight is 534 g/mol. The highest BCUT2D eigenvalue weighted by Gasteiger charge is 2.46. The third kappa shape index (κ3) is 6.28. The second kappa shape index (κ2) is 13.0. The van der Waals surface area contributed by atoms with Gasteiger partial charge in [0.25, 0.3) is 11.7 Å². The average Bonchev–Trinajstić information content (AvgIpc) is 3.56. The number of likely N-dealkylation sites (tertiary alicyclic amines) is 1. The Morgan fingerprint density at radius 1 is 0.949 bits per heavy atom. The predicted molar refractivity (Wildman–Crippen MR) is 147 cm³/mol. The number of rotatable bonds is 13. The summed E-state index contributed by atoms with van der Waals surface area (Å²) in [5, 5.41) is 11.4. The number of hydrogen-bond donors (Lipinski definition) is 1. The van der Waals surface area contributed by atoms with Crippen molar-refractivity contribution in [1.82, 2.24) is 4.90 Å². The molecular weight excluding hydrogens is 498 g/mol. The molecule has 4 rings (SSSR count). The molecule has 0 spiro atoms. The lowest BCUT2D eigenvalue weighted by Gasteiger charge is -2.25. The zero-order valence-corrected chi connectivity index (χ0v) is 22.6. The smallest absolute Gasteiger partial charge is 0.296 e. The Labute approximate surface area is 228 Å². The maximum atomic E-state index is 13.4. The molecule has 2 aromatic carbocycles. The standard InChI is InChI=1S/C31H35NO7/c1-4-6-7-16-39-25-14-13-21(19-26(25)36-3)28-27(29(33)22-10-8-11-23(18-22)37-15-5-2)30(34)31(35)32(28)20-24-12-9-17-38-24/h8-14,17-19,28,33H,4-7,15-16,20H2,1-3H3/b29-27+. The van der Waals surface area contributed by atoms with E-state index in [-0.39, 0.29) is 17.9 Å². The van der Waals surface area contributed by atoms with Crippen LogP contribution < -0.4 is 14.2 Å². The number of unbranched alkanes of at least 4 members (excludes halogenated alkanes) is 2. The van der Waals surface area contributed by atoms with E-state index in [2.05, 4.69) is 6.92 Å². The number of amides is 1. The molecule has 0 saturated carbocycles. The molecule has 1 saturated heterocycles. The van der Waals surface area contributed by atoms with Crippen LogP contribution in [0.4, 0.5) is 0 Å². The third-order valence-electron chi connectivity index (χ3n) is 6.54. The Morgan fingerprint density at radius 3 is 2.51 bits per heavy atom. The normalized spacial score (nSPS) is 16.5. The molecule has 1 aromatic heterocycles. The van der Waals surface area contributed by atoms with Crippen LogP contribution in [-0.2, 0) is 16.1 Å². The number of hydrogen-bond acceptors (Lipinski definition) is 7. The van der Waals surface area contributed by atoms with Gasteiger partial charge >= 0.3 is 0 Å². The van der Waals surface area contributed by atoms with Gasteiger partial charge in [0.05, 0.1) is 44.7 Å². The van der Waals surface area contributed by atoms with Gasteiger partial charge in [-0.1, -0.05) is 44.9 Å². The molecule has 1 atom stereocenters. The van der Waals surface area contributed by atoms with E-state index in [1.807, 2.05) is 6.92 Å². The number of ketones is 1. The van der Waals surface area contributed by atoms with E-state index in [1.54, 1.807) is 61.7 Å². The summed E-state index contributed by atoms with van der Waals surface area (Å²) in [6.07, 6.45) is 5.41. The van der Waals surface area contributed by atoms with E-state index < -0.39 is 17.7 Å². The predicted octanol–water partition coefficient (Wildman–Crippen LogP) is 6.27. The summed E-state index contributed by atoms with van der Waals surface area (Å²) in [4.78, 5) is 28.1. The van der Waals surface area contributed by atoms with Crippen LogP contribution in [0.25, 0.3) is 5.76 Å². The topological polar surface area (TPSA) is 98.4 Å². The number of Topliss-reactive ketones (excluding diaryl/α,β-unsaturated/α-hetero) is 1. The van der Waals surface area contributed by atoms with Crippen LogP contribution in [0.2, 0.25) is 0 Å². The number of aliphatic hydroxyl groups excluding tert-OH is 1. The Kier molecular flexibility index (Phi) is 9.31. The zero-order chi connectivity index (χ0) is 27.8. The molecule has 2 heterocycles. The van der Waals surface area contributed by atoms with Gasteiger partial charge < -0.3 is 28.6 Å². The molecule has 39 heavy (non-hydrogen) atoms. The largest absolute Gasteiger partial charge is 0.507 e. The number of ether oxygens (including phenoxy) is 3. The van der Waals surface area contributed by atoms with Crippen molar-refractivity contribution in [3.05, 3.63) is 83.3 Å². The van der Waals surface area contributed by atoms with Crippen molar-refractivity contribution in [3.63, 3.8) is 0 Å². The van der Waals surface area contributed by atoms with Crippen LogP contribution in [0.3, 0.4) is 0 Å². The van der Waals surface area contributed by atoms with Crippen molar-refractivity contribution in [3.8, 4) is 17.2 Å². The number of aliphatic hydroxyl groups is 1. The lowest BCUT2D eigenvalue weighted by molar-refractivity contribution is -0.140. The molecule has 1 aliphatic heterocycles. The van der Waals surface area contributed by atoms with Crippen molar-refractivity contribution >= 4 is 17.4 Å². The highest BCUT2D eigenvalue weighted by atomic mass is 16.5. The number of methoxy groups -OCH3 is 1. The van der Waals surface area contributed by atoms with Crippen molar-refractivity contribution < 1.29 is 33.3 Å². The van der Waals surface area contributed by atoms with Crippen molar-refractivity contribution in [1.29, 1.82) is 0 Å². The maximum Gasteiger partial charge on any atom is 0.296 e. The Balaban J connectivity index is 1.77. The van der Waals surface area contributed by atoms with Crippen LogP contribution in [0.1, 0.15) is 62.5 Å². The second-order valence-corrected chi connectivity index (χ2v) is 9.35. The molecule has 1 N–H and O–H groups in total. The fraction of sp³-hybridized carbons (Fsp3) is 0.355. The Morgan fingerprint density at radius 2 is 1.79 bits per heavy atom. The number of carbonyl (C=O) groups is 2. The number of furan rings is 1. The minimum atomic E-state index is -0.877. The van der Waals surface area contributed by atoms with Crippen LogP contribution in [0.5, 0.6) is 17.2 Å². The van der Waals surface area contributed by atoms with Gasteiger partial charge in [0.2, 0.25) is 0 Å². The third-order valence-corrected chi connectivity index (χ3v) is 6.54. The fourth-order valence-electron chi connectivity index (χ4n) is 4.58. The molecule has 1 unspecified atom stereocenters. The Bertz CT molecular complexity index is 1310. The quantitative estimate of drug-likeness (QED) is 0.120. The van der Waals surface area contributed by atoms with E-state index in [1.165, 1.54) is 11.2 Å². The minimum absolute atomic E-state index is 0.0159. The molecule has 1 fully saturated rings. The maximum absolute atomic E-state index is 13.4. The van der Waals surface area contributed by atoms with E-state index >= 15 is 0 Å². The van der Waals surface area contributed by atoms with Crippen LogP contribution in [0, 0.1) is 0 Å². The van der Waals surface area contributed by atoms with Crippen LogP contribution >= 0.6 is 0 Å². The highest BCUT2D eigenvalue weighted by molar-refractivity contribution is 6.46. The first kappa shape index (κ1) is 27.8. The summed E-state index contributed by atoms with van der Waals surface area (Å²) in [6.45, 7) is 5.25. The first-order chi connectivity index (χ1) is 19.0. The summed E-state index contributed by atoms with van der Waals surface area (Å²) in [6, 6.07) is 14.7. The van der Waals surface area contributed by atoms with Gasteiger partial charge in [0.1, 0.15) is 17.3 Å². The molecular formula is C31H35NO7. The Hall–Kier alpha value is -4.20. The van der Waals surface area contributed by atoms with E-state index in [0.717, 1.165) is 25.7 Å². The lowest BCUT2D eigenvalue weighted by atomic mass is 9.95. The minimum Gasteiger partial charge on any atom is -0.507 e. The van der Waals surface area contributed by atoms with E-state index in [0.29, 0.717) is 47.3 Å². The van der Waals surface area contributed by atoms with Gasteiger partial charge in [-0.05, 0) is 54.8 Å². The van der Waals surface area contributed by atoms with E-state index in [9.17, 15) is 14.7 Å². The van der Waals surface area contributed by atoms with Crippen LogP contribution in [-0.4, -0.2) is 42.0 Å². The second-order valence-electron chi connectivity index (χ2n) is 9.35. The first-order valence-corrected chi connectivity index (χ1v) is 13.3. The van der Waals surface area contributed by atoms with Gasteiger partial charge in [-0.15, -0.1) is 0 Å². The van der Waals surface area contributed by atoms with Crippen molar-refractivity contribution in [2.45, 2.75) is 52.1 Å². The van der Waals surface area contributed by atoms with Gasteiger partial charge in [-0.3, -0.25) is 9.59 Å². The highest BCUT2D eigenvalue weighted by Crippen LogP contribution is 2.43. The monoisotopic (exact) mass is 533 g/mol. The summed E-state index contributed by atoms with van der Waals surface area (Å²) >= 11 is 0. The summed E-state index contributed by atoms with van der Waals surface area (Å²) in [5.41, 5.74) is 0.962. The lowest BCUT2D eigenvalue weighted by Crippen LogP contribution is -2.29. The fourth-order valence-corrected chi connectivity index (χ4v) is 4.58. The summed E-state index contributed by atoms with van der Waals surface area (Å²) in [7, 11) is 1.54. The molecule has 206 valence electrons. The van der Waals surface area contributed by atoms with Gasteiger partial charge in [-0.25, -0.2) is 0 Å². The molecule has 8 heteroatoms. The molecule has 1 aliphatic rings. The molecule has 0 bridgehead atoms. The first-order valence-electron chi connectivity index (χ1n) is 13.3.